The Morgan fingerprint density at radius 2 is 2.40 bits per heavy atom. The van der Waals surface area contributed by atoms with E-state index in [1.54, 1.807) is 0 Å². The summed E-state index contributed by atoms with van der Waals surface area (Å²) in [6.45, 7) is 7.95. The van der Waals surface area contributed by atoms with Gasteiger partial charge in [0.2, 0.25) is 0 Å². The van der Waals surface area contributed by atoms with E-state index in [1.807, 2.05) is 10.9 Å². The van der Waals surface area contributed by atoms with Crippen molar-refractivity contribution in [2.45, 2.75) is 58.3 Å². The SMILES string of the molecule is CC(C)NCc1cn(CCOCC2CCCCO2)nn1. The number of ether oxygens (including phenoxy) is 2. The quantitative estimate of drug-likeness (QED) is 0.730. The zero-order chi connectivity index (χ0) is 14.2. The molecule has 0 aromatic carbocycles. The number of hydrogen-bond acceptors (Lipinski definition) is 5. The van der Waals surface area contributed by atoms with Gasteiger partial charge in [0, 0.05) is 25.4 Å². The first kappa shape index (κ1) is 15.4. The summed E-state index contributed by atoms with van der Waals surface area (Å²) in [5.41, 5.74) is 0.967. The molecular formula is C14H26N4O2. The monoisotopic (exact) mass is 282 g/mol. The highest BCUT2D eigenvalue weighted by atomic mass is 16.5. The second-order valence-electron chi connectivity index (χ2n) is 5.57. The first-order valence-electron chi connectivity index (χ1n) is 7.56. The lowest BCUT2D eigenvalue weighted by Gasteiger charge is -2.22. The zero-order valence-corrected chi connectivity index (χ0v) is 12.5. The van der Waals surface area contributed by atoms with E-state index in [-0.39, 0.29) is 6.10 Å². The van der Waals surface area contributed by atoms with Gasteiger partial charge in [-0.2, -0.15) is 0 Å². The summed E-state index contributed by atoms with van der Waals surface area (Å²) >= 11 is 0. The maximum absolute atomic E-state index is 5.66. The third kappa shape index (κ3) is 5.56. The van der Waals surface area contributed by atoms with E-state index in [4.69, 9.17) is 9.47 Å². The van der Waals surface area contributed by atoms with Crippen LogP contribution in [0.5, 0.6) is 0 Å². The van der Waals surface area contributed by atoms with Gasteiger partial charge in [-0.3, -0.25) is 0 Å². The molecule has 0 saturated carbocycles. The zero-order valence-electron chi connectivity index (χ0n) is 12.5. The molecule has 0 amide bonds. The van der Waals surface area contributed by atoms with Gasteiger partial charge in [-0.05, 0) is 19.3 Å². The maximum atomic E-state index is 5.66. The fourth-order valence-electron chi connectivity index (χ4n) is 2.15. The molecule has 1 aromatic rings. The van der Waals surface area contributed by atoms with Crippen molar-refractivity contribution in [2.75, 3.05) is 19.8 Å². The predicted octanol–water partition coefficient (Wildman–Crippen LogP) is 1.36. The number of aromatic nitrogens is 3. The molecular weight excluding hydrogens is 256 g/mol. The van der Waals surface area contributed by atoms with Gasteiger partial charge in [0.15, 0.2) is 0 Å². The van der Waals surface area contributed by atoms with Crippen molar-refractivity contribution in [3.05, 3.63) is 11.9 Å². The van der Waals surface area contributed by atoms with Crippen LogP contribution in [0.3, 0.4) is 0 Å². The fraction of sp³-hybridized carbons (Fsp3) is 0.857. The van der Waals surface area contributed by atoms with Crippen LogP contribution in [0.15, 0.2) is 6.20 Å². The lowest BCUT2D eigenvalue weighted by atomic mass is 10.1. The molecule has 20 heavy (non-hydrogen) atoms. The van der Waals surface area contributed by atoms with Crippen LogP contribution in [-0.2, 0) is 22.6 Å². The average molecular weight is 282 g/mol. The van der Waals surface area contributed by atoms with Gasteiger partial charge in [-0.1, -0.05) is 19.1 Å². The molecule has 2 heterocycles. The molecule has 1 atom stereocenters. The molecule has 1 N–H and O–H groups in total. The van der Waals surface area contributed by atoms with E-state index in [0.29, 0.717) is 19.3 Å². The smallest absolute Gasteiger partial charge is 0.0964 e. The minimum absolute atomic E-state index is 0.283. The molecule has 6 nitrogen and oxygen atoms in total. The highest BCUT2D eigenvalue weighted by Gasteiger charge is 2.13. The van der Waals surface area contributed by atoms with E-state index in [9.17, 15) is 0 Å². The normalized spacial score (nSPS) is 19.6. The van der Waals surface area contributed by atoms with Crippen molar-refractivity contribution >= 4 is 0 Å². The van der Waals surface area contributed by atoms with Crippen LogP contribution < -0.4 is 5.32 Å². The largest absolute Gasteiger partial charge is 0.377 e. The second kappa shape index (κ2) is 8.34. The van der Waals surface area contributed by atoms with Crippen LogP contribution in [0.4, 0.5) is 0 Å². The maximum Gasteiger partial charge on any atom is 0.0964 e. The topological polar surface area (TPSA) is 61.2 Å². The van der Waals surface area contributed by atoms with Gasteiger partial charge < -0.3 is 14.8 Å². The van der Waals surface area contributed by atoms with Crippen LogP contribution in [0.25, 0.3) is 0 Å². The summed E-state index contributed by atoms with van der Waals surface area (Å²) in [4.78, 5) is 0. The van der Waals surface area contributed by atoms with Crippen molar-refractivity contribution in [3.8, 4) is 0 Å². The summed E-state index contributed by atoms with van der Waals surface area (Å²) in [6.07, 6.45) is 5.81. The van der Waals surface area contributed by atoms with Gasteiger partial charge in [0.05, 0.1) is 31.6 Å². The first-order valence-corrected chi connectivity index (χ1v) is 7.56. The molecule has 2 rings (SSSR count). The van der Waals surface area contributed by atoms with E-state index in [2.05, 4.69) is 29.5 Å². The van der Waals surface area contributed by atoms with Crippen LogP contribution in [0, 0.1) is 0 Å². The second-order valence-corrected chi connectivity index (χ2v) is 5.57. The Morgan fingerprint density at radius 1 is 1.50 bits per heavy atom. The molecule has 1 saturated heterocycles. The van der Waals surface area contributed by atoms with E-state index in [0.717, 1.165) is 31.8 Å². The Hall–Kier alpha value is -0.980. The van der Waals surface area contributed by atoms with Crippen LogP contribution in [0.2, 0.25) is 0 Å². The Kier molecular flexibility index (Phi) is 6.42. The Labute approximate surface area is 120 Å². The van der Waals surface area contributed by atoms with Crippen LogP contribution in [-0.4, -0.2) is 47.0 Å². The summed E-state index contributed by atoms with van der Waals surface area (Å²) in [5, 5.41) is 11.5. The molecule has 1 aromatic heterocycles. The summed E-state index contributed by atoms with van der Waals surface area (Å²) in [5.74, 6) is 0. The van der Waals surface area contributed by atoms with Gasteiger partial charge in [0.1, 0.15) is 0 Å². The average Bonchev–Trinajstić information content (AvgIpc) is 2.90. The molecule has 1 unspecified atom stereocenters. The number of rotatable bonds is 8. The van der Waals surface area contributed by atoms with Crippen molar-refractivity contribution in [3.63, 3.8) is 0 Å². The Balaban J connectivity index is 1.59. The van der Waals surface area contributed by atoms with Crippen LogP contribution >= 0.6 is 0 Å². The van der Waals surface area contributed by atoms with E-state index < -0.39 is 0 Å². The Bertz CT molecular complexity index is 375. The lowest BCUT2D eigenvalue weighted by Crippen LogP contribution is -2.25. The third-order valence-electron chi connectivity index (χ3n) is 3.32. The number of nitrogens with zero attached hydrogens (tertiary/aromatic N) is 3. The molecule has 0 aliphatic carbocycles. The number of nitrogens with one attached hydrogen (secondary N) is 1. The van der Waals surface area contributed by atoms with E-state index in [1.165, 1.54) is 12.8 Å². The molecule has 0 bridgehead atoms. The van der Waals surface area contributed by atoms with Gasteiger partial charge in [0.25, 0.3) is 0 Å². The molecule has 1 aliphatic heterocycles. The summed E-state index contributed by atoms with van der Waals surface area (Å²) in [7, 11) is 0. The minimum Gasteiger partial charge on any atom is -0.377 e. The highest BCUT2D eigenvalue weighted by molar-refractivity contribution is 4.91. The standard InChI is InChI=1S/C14H26N4O2/c1-12(2)15-9-13-10-18(17-16-13)6-8-19-11-14-5-3-4-7-20-14/h10,12,14-15H,3-9,11H2,1-2H3. The third-order valence-corrected chi connectivity index (χ3v) is 3.32. The highest BCUT2D eigenvalue weighted by Crippen LogP contribution is 2.12. The van der Waals surface area contributed by atoms with Crippen molar-refractivity contribution in [1.29, 1.82) is 0 Å². The summed E-state index contributed by atoms with van der Waals surface area (Å²) in [6, 6.07) is 0.457. The number of hydrogen-bond donors (Lipinski definition) is 1. The molecule has 0 radical (unpaired) electrons. The predicted molar refractivity (Wildman–Crippen MR) is 76.4 cm³/mol. The van der Waals surface area contributed by atoms with Gasteiger partial charge in [-0.25, -0.2) is 4.68 Å². The molecule has 0 spiro atoms. The molecule has 1 fully saturated rings. The fourth-order valence-corrected chi connectivity index (χ4v) is 2.15. The van der Waals surface area contributed by atoms with Gasteiger partial charge in [-0.15, -0.1) is 5.10 Å². The van der Waals surface area contributed by atoms with Gasteiger partial charge >= 0.3 is 0 Å². The van der Waals surface area contributed by atoms with Crippen LogP contribution in [0.1, 0.15) is 38.8 Å². The molecule has 114 valence electrons. The van der Waals surface area contributed by atoms with Crippen molar-refractivity contribution in [1.82, 2.24) is 20.3 Å². The van der Waals surface area contributed by atoms with Crippen molar-refractivity contribution in [2.24, 2.45) is 0 Å². The first-order chi connectivity index (χ1) is 9.74. The Morgan fingerprint density at radius 3 is 3.15 bits per heavy atom. The molecule has 6 heteroatoms. The molecule has 1 aliphatic rings. The summed E-state index contributed by atoms with van der Waals surface area (Å²) < 4.78 is 13.1. The lowest BCUT2D eigenvalue weighted by molar-refractivity contribution is -0.0421. The minimum atomic E-state index is 0.283. The van der Waals surface area contributed by atoms with E-state index >= 15 is 0 Å². The van der Waals surface area contributed by atoms with Crippen molar-refractivity contribution < 1.29 is 9.47 Å².